The standard InChI is InChI=1S/C28H25ClFN3O5S2/c1-19-7-10-23(17-26(19)29)32-40(37,38)25-15-11-22(12-16-25)31-28(34)20-8-13-24(14-9-20)33(39(2,35)36)18-21-5-3-4-6-27(21)30/h3-17,32H,18H2,1-2H3,(H,31,34). The maximum atomic E-state index is 14.1. The Kier molecular flexibility index (Phi) is 8.48. The molecule has 12 heteroatoms. The minimum absolute atomic E-state index is 0.0118. The zero-order valence-electron chi connectivity index (χ0n) is 21.4. The Morgan fingerprint density at radius 3 is 2.10 bits per heavy atom. The zero-order chi connectivity index (χ0) is 29.1. The number of amides is 1. The van der Waals surface area contributed by atoms with Crippen LogP contribution in [0.3, 0.4) is 0 Å². The van der Waals surface area contributed by atoms with Crippen LogP contribution in [-0.4, -0.2) is 29.0 Å². The Balaban J connectivity index is 1.45. The molecule has 1 amide bonds. The number of rotatable bonds is 9. The van der Waals surface area contributed by atoms with Gasteiger partial charge in [-0.1, -0.05) is 35.9 Å². The third-order valence-electron chi connectivity index (χ3n) is 5.94. The van der Waals surface area contributed by atoms with Gasteiger partial charge in [-0.25, -0.2) is 21.2 Å². The van der Waals surface area contributed by atoms with Crippen LogP contribution >= 0.6 is 11.6 Å². The van der Waals surface area contributed by atoms with Gasteiger partial charge in [-0.2, -0.15) is 0 Å². The molecule has 4 aromatic carbocycles. The van der Waals surface area contributed by atoms with E-state index in [0.29, 0.717) is 16.4 Å². The quantitative estimate of drug-likeness (QED) is 0.251. The number of carbonyl (C=O) groups excluding carboxylic acids is 1. The van der Waals surface area contributed by atoms with Crippen LogP contribution in [0, 0.1) is 12.7 Å². The second-order valence-corrected chi connectivity index (χ2v) is 13.0. The van der Waals surface area contributed by atoms with Crippen molar-refractivity contribution >= 4 is 54.6 Å². The average molecular weight is 602 g/mol. The molecule has 0 radical (unpaired) electrons. The lowest BCUT2D eigenvalue weighted by molar-refractivity contribution is 0.102. The number of hydrogen-bond donors (Lipinski definition) is 2. The maximum Gasteiger partial charge on any atom is 0.261 e. The molecule has 8 nitrogen and oxygen atoms in total. The van der Waals surface area contributed by atoms with E-state index in [1.165, 1.54) is 72.8 Å². The number of carbonyl (C=O) groups is 1. The molecular weight excluding hydrogens is 577 g/mol. The number of sulfonamides is 2. The molecule has 4 aromatic rings. The van der Waals surface area contributed by atoms with E-state index in [2.05, 4.69) is 10.0 Å². The molecule has 4 rings (SSSR count). The van der Waals surface area contributed by atoms with Crippen molar-refractivity contribution in [2.75, 3.05) is 20.6 Å². The smallest absolute Gasteiger partial charge is 0.261 e. The van der Waals surface area contributed by atoms with Crippen LogP contribution in [0.4, 0.5) is 21.5 Å². The number of anilines is 3. The summed E-state index contributed by atoms with van der Waals surface area (Å²) in [6, 6.07) is 22.1. The lowest BCUT2D eigenvalue weighted by atomic mass is 10.1. The van der Waals surface area contributed by atoms with Crippen LogP contribution in [0.1, 0.15) is 21.5 Å². The van der Waals surface area contributed by atoms with E-state index in [-0.39, 0.29) is 28.3 Å². The number of nitrogens with zero attached hydrogens (tertiary/aromatic N) is 1. The van der Waals surface area contributed by atoms with Gasteiger partial charge in [0.1, 0.15) is 5.82 Å². The molecule has 0 unspecified atom stereocenters. The Morgan fingerprint density at radius 1 is 0.875 bits per heavy atom. The van der Waals surface area contributed by atoms with E-state index < -0.39 is 31.8 Å². The third-order valence-corrected chi connectivity index (χ3v) is 8.88. The van der Waals surface area contributed by atoms with Gasteiger partial charge in [0.25, 0.3) is 15.9 Å². The first kappa shape index (κ1) is 29.1. The monoisotopic (exact) mass is 601 g/mol. The average Bonchev–Trinajstić information content (AvgIpc) is 2.90. The van der Waals surface area contributed by atoms with Gasteiger partial charge in [0.2, 0.25) is 10.0 Å². The van der Waals surface area contributed by atoms with Crippen molar-refractivity contribution in [3.63, 3.8) is 0 Å². The largest absolute Gasteiger partial charge is 0.322 e. The summed E-state index contributed by atoms with van der Waals surface area (Å²) in [6.07, 6.45) is 1.02. The molecule has 208 valence electrons. The van der Waals surface area contributed by atoms with Crippen molar-refractivity contribution in [2.24, 2.45) is 0 Å². The van der Waals surface area contributed by atoms with E-state index >= 15 is 0 Å². The molecule has 0 saturated carbocycles. The van der Waals surface area contributed by atoms with Gasteiger partial charge >= 0.3 is 0 Å². The number of halogens is 2. The van der Waals surface area contributed by atoms with Gasteiger partial charge in [0.05, 0.1) is 29.1 Å². The number of nitrogens with one attached hydrogen (secondary N) is 2. The molecule has 0 spiro atoms. The predicted molar refractivity (Wildman–Crippen MR) is 155 cm³/mol. The zero-order valence-corrected chi connectivity index (χ0v) is 23.8. The third kappa shape index (κ3) is 6.98. The number of benzene rings is 4. The fourth-order valence-corrected chi connectivity index (χ4v) is 5.86. The van der Waals surface area contributed by atoms with E-state index in [0.717, 1.165) is 16.1 Å². The highest BCUT2D eigenvalue weighted by Gasteiger charge is 2.20. The lowest BCUT2D eigenvalue weighted by Crippen LogP contribution is -2.29. The van der Waals surface area contributed by atoms with Gasteiger partial charge in [0, 0.05) is 21.8 Å². The maximum absolute atomic E-state index is 14.1. The Bertz CT molecular complexity index is 1760. The fraction of sp³-hybridized carbons (Fsp3) is 0.107. The molecule has 0 bridgehead atoms. The van der Waals surface area contributed by atoms with Crippen molar-refractivity contribution in [3.8, 4) is 0 Å². The van der Waals surface area contributed by atoms with Crippen LogP contribution in [0.15, 0.2) is 95.9 Å². The molecule has 0 fully saturated rings. The Labute approximate surface area is 237 Å². The first-order chi connectivity index (χ1) is 18.8. The molecule has 0 saturated heterocycles. The second-order valence-electron chi connectivity index (χ2n) is 8.96. The summed E-state index contributed by atoms with van der Waals surface area (Å²) in [5, 5.41) is 3.10. The molecule has 0 aliphatic carbocycles. The van der Waals surface area contributed by atoms with E-state index in [9.17, 15) is 26.0 Å². The van der Waals surface area contributed by atoms with Crippen LogP contribution in [-0.2, 0) is 26.6 Å². The van der Waals surface area contributed by atoms with Crippen LogP contribution in [0.2, 0.25) is 5.02 Å². The van der Waals surface area contributed by atoms with Gasteiger partial charge in [-0.15, -0.1) is 0 Å². The summed E-state index contributed by atoms with van der Waals surface area (Å²) in [5.74, 6) is -1.02. The number of aryl methyl sites for hydroxylation is 1. The molecule has 0 aromatic heterocycles. The van der Waals surface area contributed by atoms with Gasteiger partial charge in [0.15, 0.2) is 0 Å². The van der Waals surface area contributed by atoms with Crippen LogP contribution in [0.25, 0.3) is 0 Å². The summed E-state index contributed by atoms with van der Waals surface area (Å²) in [7, 11) is -7.64. The molecule has 0 aliphatic rings. The van der Waals surface area contributed by atoms with Gasteiger partial charge < -0.3 is 5.32 Å². The highest BCUT2D eigenvalue weighted by molar-refractivity contribution is 7.92. The van der Waals surface area contributed by atoms with Crippen molar-refractivity contribution in [3.05, 3.63) is 119 Å². The molecule has 0 aliphatic heterocycles. The van der Waals surface area contributed by atoms with Crippen LogP contribution < -0.4 is 14.3 Å². The van der Waals surface area contributed by atoms with Gasteiger partial charge in [-0.3, -0.25) is 13.8 Å². The van der Waals surface area contributed by atoms with Crippen molar-refractivity contribution < 1.29 is 26.0 Å². The summed E-state index contributed by atoms with van der Waals surface area (Å²) >= 11 is 6.07. The molecule has 2 N–H and O–H groups in total. The predicted octanol–water partition coefficient (Wildman–Crippen LogP) is 5.81. The molecular formula is C28H25ClFN3O5S2. The summed E-state index contributed by atoms with van der Waals surface area (Å²) in [6.45, 7) is 1.60. The SMILES string of the molecule is Cc1ccc(NS(=O)(=O)c2ccc(NC(=O)c3ccc(N(Cc4ccccc4F)S(C)(=O)=O)cc3)cc2)cc1Cl. The topological polar surface area (TPSA) is 113 Å². The summed E-state index contributed by atoms with van der Waals surface area (Å²) in [5.41, 5.74) is 2.19. The highest BCUT2D eigenvalue weighted by atomic mass is 35.5. The summed E-state index contributed by atoms with van der Waals surface area (Å²) in [4.78, 5) is 12.8. The molecule has 0 atom stereocenters. The summed E-state index contributed by atoms with van der Waals surface area (Å²) < 4.78 is 67.9. The Hall–Kier alpha value is -3.93. The van der Waals surface area contributed by atoms with Gasteiger partial charge in [-0.05, 0) is 79.2 Å². The fourth-order valence-electron chi connectivity index (χ4n) is 3.75. The molecule has 0 heterocycles. The first-order valence-electron chi connectivity index (χ1n) is 11.8. The van der Waals surface area contributed by atoms with Crippen molar-refractivity contribution in [1.82, 2.24) is 0 Å². The lowest BCUT2D eigenvalue weighted by Gasteiger charge is -2.23. The highest BCUT2D eigenvalue weighted by Crippen LogP contribution is 2.25. The minimum atomic E-state index is -3.89. The minimum Gasteiger partial charge on any atom is -0.322 e. The van der Waals surface area contributed by atoms with Crippen molar-refractivity contribution in [2.45, 2.75) is 18.4 Å². The second kappa shape index (κ2) is 11.7. The van der Waals surface area contributed by atoms with E-state index in [4.69, 9.17) is 11.6 Å². The van der Waals surface area contributed by atoms with E-state index in [1.807, 2.05) is 0 Å². The van der Waals surface area contributed by atoms with Crippen molar-refractivity contribution in [1.29, 1.82) is 0 Å². The Morgan fingerprint density at radius 2 is 1.50 bits per heavy atom. The molecule has 40 heavy (non-hydrogen) atoms. The normalized spacial score (nSPS) is 11.6. The first-order valence-corrected chi connectivity index (χ1v) is 15.6. The van der Waals surface area contributed by atoms with Crippen LogP contribution in [0.5, 0.6) is 0 Å². The van der Waals surface area contributed by atoms with E-state index in [1.54, 1.807) is 25.1 Å². The number of hydrogen-bond acceptors (Lipinski definition) is 5.